The summed E-state index contributed by atoms with van der Waals surface area (Å²) in [5.41, 5.74) is 2.97. The summed E-state index contributed by atoms with van der Waals surface area (Å²) < 4.78 is 14.4. The van der Waals surface area contributed by atoms with E-state index >= 15 is 0 Å². The molecule has 5 heteroatoms. The highest BCUT2D eigenvalue weighted by Crippen LogP contribution is 2.40. The lowest BCUT2D eigenvalue weighted by molar-refractivity contribution is 0.0175. The number of hydrogen-bond donors (Lipinski definition) is 0. The van der Waals surface area contributed by atoms with E-state index in [9.17, 15) is 4.79 Å². The van der Waals surface area contributed by atoms with Crippen LogP contribution in [0.5, 0.6) is 5.75 Å². The number of nitrogens with zero attached hydrogens (tertiary/aromatic N) is 2. The first kappa shape index (κ1) is 19.5. The maximum absolute atomic E-state index is 14.0. The largest absolute Gasteiger partial charge is 0.478 e. The van der Waals surface area contributed by atoms with Gasteiger partial charge in [-0.05, 0) is 29.8 Å². The van der Waals surface area contributed by atoms with Crippen LogP contribution in [0.1, 0.15) is 22.1 Å². The van der Waals surface area contributed by atoms with E-state index in [0.29, 0.717) is 0 Å². The second-order valence-electron chi connectivity index (χ2n) is 8.76. The van der Waals surface area contributed by atoms with E-state index in [1.54, 1.807) is 0 Å². The first-order chi connectivity index (χ1) is 15.7. The van der Waals surface area contributed by atoms with Crippen molar-refractivity contribution in [1.29, 1.82) is 0 Å². The van der Waals surface area contributed by atoms with Crippen LogP contribution in [0.15, 0.2) is 66.7 Å². The number of ether oxygens (including phenoxy) is 2. The van der Waals surface area contributed by atoms with Crippen LogP contribution < -0.4 is 4.74 Å². The van der Waals surface area contributed by atoms with Crippen molar-refractivity contribution in [3.63, 3.8) is 0 Å². The van der Waals surface area contributed by atoms with Gasteiger partial charge in [-0.15, -0.1) is 0 Å². The van der Waals surface area contributed by atoms with Crippen molar-refractivity contribution < 1.29 is 14.3 Å². The number of para-hydroxylation sites is 1. The molecule has 0 radical (unpaired) electrons. The highest BCUT2D eigenvalue weighted by molar-refractivity contribution is 6.10. The van der Waals surface area contributed by atoms with Gasteiger partial charge in [-0.2, -0.15) is 0 Å². The Morgan fingerprint density at radius 2 is 1.72 bits per heavy atom. The smallest absolute Gasteiger partial charge is 0.206 e. The Bertz CT molecular complexity index is 1310. The molecule has 0 amide bonds. The molecule has 0 saturated carbocycles. The number of ketones is 1. The topological polar surface area (TPSA) is 43.7 Å². The van der Waals surface area contributed by atoms with Gasteiger partial charge in [0.05, 0.1) is 24.8 Å². The Morgan fingerprint density at radius 3 is 2.59 bits per heavy atom. The van der Waals surface area contributed by atoms with E-state index in [4.69, 9.17) is 9.47 Å². The maximum atomic E-state index is 14.0. The molecule has 162 valence electrons. The van der Waals surface area contributed by atoms with E-state index in [1.165, 1.54) is 0 Å². The minimum Gasteiger partial charge on any atom is -0.478 e. The van der Waals surface area contributed by atoms with Crippen molar-refractivity contribution in [2.75, 3.05) is 32.8 Å². The first-order valence-corrected chi connectivity index (χ1v) is 11.3. The molecule has 0 N–H and O–H groups in total. The Morgan fingerprint density at radius 1 is 0.969 bits per heavy atom. The normalized spacial score (nSPS) is 21.0. The average Bonchev–Trinajstić information content (AvgIpc) is 3.18. The fourth-order valence-electron chi connectivity index (χ4n) is 5.31. The van der Waals surface area contributed by atoms with Crippen LogP contribution in [-0.2, 0) is 4.74 Å². The summed E-state index contributed by atoms with van der Waals surface area (Å²) in [6.45, 7) is 6.08. The molecule has 1 unspecified atom stereocenters. The van der Waals surface area contributed by atoms with E-state index in [-0.39, 0.29) is 11.8 Å². The van der Waals surface area contributed by atoms with Crippen molar-refractivity contribution in [3.8, 4) is 5.75 Å². The SMILES string of the molecule is Cc1cc2cccc3c2n1C(CN1CCOCC1)[C@H](C(=O)c1cccc2ccccc12)O3. The number of carbonyl (C=O) groups is 1. The van der Waals surface area contributed by atoms with Gasteiger partial charge in [-0.1, -0.05) is 54.6 Å². The van der Waals surface area contributed by atoms with Gasteiger partial charge in [0.1, 0.15) is 5.75 Å². The zero-order chi connectivity index (χ0) is 21.7. The Balaban J connectivity index is 1.47. The van der Waals surface area contributed by atoms with Crippen LogP contribution in [0, 0.1) is 6.92 Å². The Kier molecular flexibility index (Phi) is 4.74. The second-order valence-corrected chi connectivity index (χ2v) is 8.76. The fraction of sp³-hybridized carbons (Fsp3) is 0.296. The minimum atomic E-state index is -0.590. The summed E-state index contributed by atoms with van der Waals surface area (Å²) in [6, 6.07) is 22.2. The first-order valence-electron chi connectivity index (χ1n) is 11.3. The minimum absolute atomic E-state index is 0.0378. The molecule has 0 bridgehead atoms. The number of aromatic nitrogens is 1. The van der Waals surface area contributed by atoms with Crippen molar-refractivity contribution >= 4 is 27.5 Å². The Labute approximate surface area is 187 Å². The summed E-state index contributed by atoms with van der Waals surface area (Å²) in [5.74, 6) is 0.822. The van der Waals surface area contributed by atoms with Gasteiger partial charge in [-0.25, -0.2) is 0 Å². The highest BCUT2D eigenvalue weighted by atomic mass is 16.5. The number of carbonyl (C=O) groups excluding carboxylic acids is 1. The number of morpholine rings is 1. The van der Waals surface area contributed by atoms with Gasteiger partial charge in [0.2, 0.25) is 5.78 Å². The zero-order valence-electron chi connectivity index (χ0n) is 18.2. The van der Waals surface area contributed by atoms with Crippen LogP contribution in [0.2, 0.25) is 0 Å². The van der Waals surface area contributed by atoms with Crippen LogP contribution >= 0.6 is 0 Å². The lowest BCUT2D eigenvalue weighted by Crippen LogP contribution is -2.48. The van der Waals surface area contributed by atoms with Crippen LogP contribution in [0.25, 0.3) is 21.7 Å². The summed E-state index contributed by atoms with van der Waals surface area (Å²) in [7, 11) is 0. The molecule has 2 aliphatic heterocycles. The molecule has 1 aromatic heterocycles. The molecule has 6 rings (SSSR count). The van der Waals surface area contributed by atoms with Gasteiger partial charge >= 0.3 is 0 Å². The third-order valence-corrected chi connectivity index (χ3v) is 6.81. The fourth-order valence-corrected chi connectivity index (χ4v) is 5.31. The predicted octanol–water partition coefficient (Wildman–Crippen LogP) is 4.62. The Hall–Kier alpha value is -3.15. The number of fused-ring (bicyclic) bond motifs is 1. The zero-order valence-corrected chi connectivity index (χ0v) is 18.2. The molecule has 3 aromatic carbocycles. The second kappa shape index (κ2) is 7.76. The molecule has 0 spiro atoms. The quantitative estimate of drug-likeness (QED) is 0.447. The summed E-state index contributed by atoms with van der Waals surface area (Å²) >= 11 is 0. The average molecular weight is 427 g/mol. The molecule has 32 heavy (non-hydrogen) atoms. The molecule has 0 aliphatic carbocycles. The molecule has 3 heterocycles. The molecule has 2 atom stereocenters. The van der Waals surface area contributed by atoms with Crippen molar-refractivity contribution in [2.24, 2.45) is 0 Å². The lowest BCUT2D eigenvalue weighted by Gasteiger charge is -2.38. The molecule has 2 aliphatic rings. The third-order valence-electron chi connectivity index (χ3n) is 6.81. The third kappa shape index (κ3) is 3.12. The van der Waals surface area contributed by atoms with Gasteiger partial charge in [0.15, 0.2) is 6.10 Å². The highest BCUT2D eigenvalue weighted by Gasteiger charge is 2.39. The van der Waals surface area contributed by atoms with Crippen LogP contribution in [-0.4, -0.2) is 54.2 Å². The van der Waals surface area contributed by atoms with Crippen LogP contribution in [0.4, 0.5) is 0 Å². The number of Topliss-reactive ketones (excluding diaryl/α,β-unsaturated/α-hetero) is 1. The van der Waals surface area contributed by atoms with Gasteiger partial charge in [-0.3, -0.25) is 9.69 Å². The number of aryl methyl sites for hydroxylation is 1. The molecule has 4 aromatic rings. The molecule has 1 saturated heterocycles. The molecular formula is C27H26N2O3. The van der Waals surface area contributed by atoms with E-state index in [0.717, 1.165) is 71.5 Å². The van der Waals surface area contributed by atoms with E-state index in [2.05, 4.69) is 28.5 Å². The number of benzene rings is 3. The number of rotatable bonds is 4. The van der Waals surface area contributed by atoms with Crippen molar-refractivity contribution in [1.82, 2.24) is 9.47 Å². The predicted molar refractivity (Wildman–Crippen MR) is 126 cm³/mol. The lowest BCUT2D eigenvalue weighted by atomic mass is 9.94. The van der Waals surface area contributed by atoms with Crippen LogP contribution in [0.3, 0.4) is 0 Å². The molecule has 5 nitrogen and oxygen atoms in total. The number of hydrogen-bond acceptors (Lipinski definition) is 4. The van der Waals surface area contributed by atoms with Gasteiger partial charge in [0.25, 0.3) is 0 Å². The van der Waals surface area contributed by atoms with Crippen molar-refractivity contribution in [2.45, 2.75) is 19.1 Å². The standard InChI is InChI=1S/C27H26N2O3/c1-18-16-20-8-5-11-24-25(20)29(18)23(17-28-12-14-31-15-13-28)27(32-24)26(30)22-10-4-7-19-6-2-3-9-21(19)22/h2-11,16,23,27H,12-15,17H2,1H3/t23?,27-/m1/s1. The summed E-state index contributed by atoms with van der Waals surface area (Å²) in [5, 5.41) is 3.20. The van der Waals surface area contributed by atoms with Gasteiger partial charge in [0, 0.05) is 36.3 Å². The summed E-state index contributed by atoms with van der Waals surface area (Å²) in [6.07, 6.45) is -0.590. The molecule has 1 fully saturated rings. The van der Waals surface area contributed by atoms with Gasteiger partial charge < -0.3 is 14.0 Å². The van der Waals surface area contributed by atoms with E-state index < -0.39 is 6.10 Å². The monoisotopic (exact) mass is 426 g/mol. The van der Waals surface area contributed by atoms with E-state index in [1.807, 2.05) is 54.6 Å². The van der Waals surface area contributed by atoms with Crippen molar-refractivity contribution in [3.05, 3.63) is 78.0 Å². The molecular weight excluding hydrogens is 400 g/mol. The maximum Gasteiger partial charge on any atom is 0.206 e. The summed E-state index contributed by atoms with van der Waals surface area (Å²) in [4.78, 5) is 16.4.